The normalized spacial score (nSPS) is 13.6. The van der Waals surface area contributed by atoms with Crippen LogP contribution >= 0.6 is 0 Å². The van der Waals surface area contributed by atoms with Gasteiger partial charge >= 0.3 is 12.3 Å². The zero-order chi connectivity index (χ0) is 22.1. The summed E-state index contributed by atoms with van der Waals surface area (Å²) < 4.78 is 45.4. The number of rotatable bonds is 8. The van der Waals surface area contributed by atoms with Gasteiger partial charge in [0.25, 0.3) is 0 Å². The number of alkyl halides is 3. The van der Waals surface area contributed by atoms with Gasteiger partial charge in [-0.25, -0.2) is 0 Å². The Morgan fingerprint density at radius 1 is 1.21 bits per heavy atom. The Bertz CT molecular complexity index is 722. The van der Waals surface area contributed by atoms with Gasteiger partial charge in [-0.05, 0) is 57.9 Å². The summed E-state index contributed by atoms with van der Waals surface area (Å²) in [4.78, 5) is 11.8. The number of hydrogen-bond acceptors (Lipinski definition) is 4. The van der Waals surface area contributed by atoms with Crippen molar-refractivity contribution >= 4 is 5.97 Å². The molecule has 29 heavy (non-hydrogen) atoms. The number of esters is 1. The van der Waals surface area contributed by atoms with Gasteiger partial charge in [-0.3, -0.25) is 4.79 Å². The van der Waals surface area contributed by atoms with Crippen LogP contribution in [0, 0.1) is 17.8 Å². The van der Waals surface area contributed by atoms with Gasteiger partial charge in [0.05, 0.1) is 6.10 Å². The molecule has 2 atom stereocenters. The van der Waals surface area contributed by atoms with Gasteiger partial charge in [0, 0.05) is 24.3 Å². The van der Waals surface area contributed by atoms with Crippen molar-refractivity contribution in [2.45, 2.75) is 64.5 Å². The minimum absolute atomic E-state index is 0.184. The number of carbonyl (C=O) groups is 1. The molecule has 1 aromatic carbocycles. The Morgan fingerprint density at radius 2 is 1.83 bits per heavy atom. The Kier molecular flexibility index (Phi) is 9.25. The van der Waals surface area contributed by atoms with Gasteiger partial charge < -0.3 is 14.6 Å². The Morgan fingerprint density at radius 3 is 2.34 bits per heavy atom. The van der Waals surface area contributed by atoms with E-state index in [9.17, 15) is 23.1 Å². The molecule has 0 saturated heterocycles. The maximum Gasteiger partial charge on any atom is 0.573 e. The van der Waals surface area contributed by atoms with E-state index < -0.39 is 18.1 Å². The molecule has 0 aliphatic carbocycles. The van der Waals surface area contributed by atoms with Crippen LogP contribution in [0.3, 0.4) is 0 Å². The highest BCUT2D eigenvalue weighted by atomic mass is 19.4. The largest absolute Gasteiger partial charge is 0.573 e. The molecule has 0 aliphatic heterocycles. The molecule has 160 valence electrons. The number of aliphatic hydroxyl groups excluding tert-OH is 1. The first-order valence-corrected chi connectivity index (χ1v) is 9.27. The monoisotopic (exact) mass is 412 g/mol. The van der Waals surface area contributed by atoms with E-state index in [1.165, 1.54) is 24.3 Å². The topological polar surface area (TPSA) is 55.8 Å². The lowest BCUT2D eigenvalue weighted by Gasteiger charge is -2.22. The van der Waals surface area contributed by atoms with Crippen LogP contribution in [0.1, 0.15) is 52.0 Å². The van der Waals surface area contributed by atoms with Crippen LogP contribution in [-0.2, 0) is 9.53 Å². The van der Waals surface area contributed by atoms with Crippen molar-refractivity contribution in [3.8, 4) is 17.6 Å². The summed E-state index contributed by atoms with van der Waals surface area (Å²) in [5, 5.41) is 10.3. The number of benzene rings is 1. The highest BCUT2D eigenvalue weighted by Gasteiger charge is 2.30. The van der Waals surface area contributed by atoms with E-state index in [4.69, 9.17) is 4.74 Å². The van der Waals surface area contributed by atoms with Crippen LogP contribution in [-0.4, -0.2) is 29.1 Å². The number of hydrogen-bond donors (Lipinski definition) is 1. The SMILES string of the molecule is C=C[C@@H](CCC(=O)OC(C)(C)C)[C@@H](O)CCC#Cc1ccc(OC(F)(F)F)cc1. The zero-order valence-electron chi connectivity index (χ0n) is 16.9. The molecule has 0 amide bonds. The molecule has 0 spiro atoms. The van der Waals surface area contributed by atoms with E-state index in [0.717, 1.165) is 0 Å². The first-order valence-electron chi connectivity index (χ1n) is 9.27. The molecule has 1 aromatic rings. The third kappa shape index (κ3) is 11.2. The maximum absolute atomic E-state index is 12.1. The second-order valence-electron chi connectivity index (χ2n) is 7.50. The fourth-order valence-corrected chi connectivity index (χ4v) is 2.48. The second-order valence-corrected chi connectivity index (χ2v) is 7.50. The molecule has 0 radical (unpaired) electrons. The zero-order valence-corrected chi connectivity index (χ0v) is 16.9. The summed E-state index contributed by atoms with van der Waals surface area (Å²) in [6.45, 7) is 9.08. The van der Waals surface area contributed by atoms with Crippen LogP contribution in [0.2, 0.25) is 0 Å². The third-order valence-corrected chi connectivity index (χ3v) is 3.78. The minimum Gasteiger partial charge on any atom is -0.460 e. The quantitative estimate of drug-likeness (QED) is 0.371. The molecular weight excluding hydrogens is 385 g/mol. The Hall–Kier alpha value is -2.46. The standard InChI is InChI=1S/C22H27F3O4/c1-5-17(12-15-20(27)29-21(2,3)4)19(26)9-7-6-8-16-10-13-18(14-11-16)28-22(23,24)25/h5,10-11,13-14,17,19,26H,1,7,9,12,15H2,2-4H3/t17-,19-/m0/s1. The van der Waals surface area contributed by atoms with E-state index in [0.29, 0.717) is 24.8 Å². The van der Waals surface area contributed by atoms with Crippen LogP contribution in [0.4, 0.5) is 13.2 Å². The summed E-state index contributed by atoms with van der Waals surface area (Å²) >= 11 is 0. The molecule has 0 aliphatic rings. The van der Waals surface area contributed by atoms with Crippen molar-refractivity contribution in [3.05, 3.63) is 42.5 Å². The van der Waals surface area contributed by atoms with Gasteiger partial charge in [-0.1, -0.05) is 17.9 Å². The summed E-state index contributed by atoms with van der Waals surface area (Å²) in [6.07, 6.45) is -2.44. The minimum atomic E-state index is -4.73. The van der Waals surface area contributed by atoms with Crippen LogP contribution in [0.25, 0.3) is 0 Å². The number of carbonyl (C=O) groups excluding carboxylic acids is 1. The number of aliphatic hydroxyl groups is 1. The molecule has 0 unspecified atom stereocenters. The summed E-state index contributed by atoms with van der Waals surface area (Å²) in [5.41, 5.74) is -0.00863. The number of ether oxygens (including phenoxy) is 2. The molecule has 4 nitrogen and oxygen atoms in total. The lowest BCUT2D eigenvalue weighted by atomic mass is 9.93. The van der Waals surface area contributed by atoms with Gasteiger partial charge in [0.2, 0.25) is 0 Å². The van der Waals surface area contributed by atoms with Gasteiger partial charge in [-0.15, -0.1) is 19.8 Å². The average molecular weight is 412 g/mol. The third-order valence-electron chi connectivity index (χ3n) is 3.78. The molecular formula is C22H27F3O4. The van der Waals surface area contributed by atoms with Crippen molar-refractivity contribution in [1.82, 2.24) is 0 Å². The average Bonchev–Trinajstić information content (AvgIpc) is 2.57. The predicted octanol–water partition coefficient (Wildman–Crippen LogP) is 5.00. The van der Waals surface area contributed by atoms with Crippen molar-refractivity contribution in [2.75, 3.05) is 0 Å². The van der Waals surface area contributed by atoms with Crippen molar-refractivity contribution < 1.29 is 32.5 Å². The highest BCUT2D eigenvalue weighted by Crippen LogP contribution is 2.22. The molecule has 0 saturated carbocycles. The first kappa shape index (κ1) is 24.6. The second kappa shape index (κ2) is 10.9. The van der Waals surface area contributed by atoms with E-state index in [2.05, 4.69) is 23.2 Å². The summed E-state index contributed by atoms with van der Waals surface area (Å²) in [5.74, 6) is 4.81. The van der Waals surface area contributed by atoms with Gasteiger partial charge in [0.15, 0.2) is 0 Å². The lowest BCUT2D eigenvalue weighted by Crippen LogP contribution is -2.25. The molecule has 0 fully saturated rings. The van der Waals surface area contributed by atoms with Crippen molar-refractivity contribution in [1.29, 1.82) is 0 Å². The van der Waals surface area contributed by atoms with Gasteiger partial charge in [-0.2, -0.15) is 0 Å². The lowest BCUT2D eigenvalue weighted by molar-refractivity contribution is -0.274. The summed E-state index contributed by atoms with van der Waals surface area (Å²) in [7, 11) is 0. The molecule has 0 aromatic heterocycles. The van der Waals surface area contributed by atoms with Crippen LogP contribution in [0.5, 0.6) is 5.75 Å². The van der Waals surface area contributed by atoms with E-state index in [-0.39, 0.29) is 24.1 Å². The van der Waals surface area contributed by atoms with Crippen LogP contribution in [0.15, 0.2) is 36.9 Å². The fraction of sp³-hybridized carbons (Fsp3) is 0.500. The molecule has 0 bridgehead atoms. The van der Waals surface area contributed by atoms with E-state index in [1.54, 1.807) is 26.8 Å². The first-order chi connectivity index (χ1) is 13.4. The van der Waals surface area contributed by atoms with Crippen LogP contribution < -0.4 is 4.74 Å². The van der Waals surface area contributed by atoms with Gasteiger partial charge in [0.1, 0.15) is 11.4 Å². The predicted molar refractivity (Wildman–Crippen MR) is 104 cm³/mol. The molecule has 0 heterocycles. The Labute approximate surface area is 169 Å². The molecule has 7 heteroatoms. The fourth-order valence-electron chi connectivity index (χ4n) is 2.48. The van der Waals surface area contributed by atoms with E-state index in [1.807, 2.05) is 0 Å². The summed E-state index contributed by atoms with van der Waals surface area (Å²) in [6, 6.07) is 5.24. The van der Waals surface area contributed by atoms with E-state index >= 15 is 0 Å². The molecule has 1 rings (SSSR count). The number of halogens is 3. The smallest absolute Gasteiger partial charge is 0.460 e. The maximum atomic E-state index is 12.1. The van der Waals surface area contributed by atoms with Crippen molar-refractivity contribution in [3.63, 3.8) is 0 Å². The van der Waals surface area contributed by atoms with Crippen molar-refractivity contribution in [2.24, 2.45) is 5.92 Å². The highest BCUT2D eigenvalue weighted by molar-refractivity contribution is 5.69. The Balaban J connectivity index is 2.46. The molecule has 1 N–H and O–H groups in total.